The van der Waals surface area contributed by atoms with E-state index in [1.807, 2.05) is 0 Å². The molecule has 0 N–H and O–H groups in total. The van der Waals surface area contributed by atoms with Gasteiger partial charge in [0.1, 0.15) is 0 Å². The maximum atomic E-state index is 5.45. The van der Waals surface area contributed by atoms with Crippen molar-refractivity contribution in [1.29, 1.82) is 0 Å². The fraction of sp³-hybridized carbons (Fsp3) is 0.875. The summed E-state index contributed by atoms with van der Waals surface area (Å²) in [7, 11) is 0. The standard InChI is InChI=1S/C8H11NO2/c1-4-2-6-7(10-6)3-5(4)8-9-11-8/h4-7H,2-3H2,1H3. The highest BCUT2D eigenvalue weighted by Crippen LogP contribution is 2.44. The van der Waals surface area contributed by atoms with E-state index in [1.165, 1.54) is 6.42 Å². The van der Waals surface area contributed by atoms with Gasteiger partial charge in [-0.1, -0.05) is 6.92 Å². The van der Waals surface area contributed by atoms with Crippen LogP contribution in [0.3, 0.4) is 0 Å². The molecule has 2 fully saturated rings. The first-order valence-electron chi connectivity index (χ1n) is 4.25. The Bertz CT molecular complexity index is 226. The van der Waals surface area contributed by atoms with Crippen molar-refractivity contribution < 1.29 is 9.57 Å². The summed E-state index contributed by atoms with van der Waals surface area (Å²) in [4.78, 5) is 4.87. The van der Waals surface area contributed by atoms with Crippen molar-refractivity contribution in [1.82, 2.24) is 0 Å². The van der Waals surface area contributed by atoms with Crippen molar-refractivity contribution in [3.63, 3.8) is 0 Å². The van der Waals surface area contributed by atoms with Crippen LogP contribution in [0.4, 0.5) is 0 Å². The van der Waals surface area contributed by atoms with E-state index < -0.39 is 0 Å². The van der Waals surface area contributed by atoms with Crippen LogP contribution in [0, 0.1) is 11.8 Å². The molecule has 3 rings (SSSR count). The van der Waals surface area contributed by atoms with Gasteiger partial charge >= 0.3 is 0 Å². The Kier molecular flexibility index (Phi) is 0.969. The molecule has 2 aliphatic heterocycles. The SMILES string of the molecule is CC1CC2OC2CC1C1=NO1. The average Bonchev–Trinajstić information content (AvgIpc) is 2.80. The lowest BCUT2D eigenvalue weighted by Crippen LogP contribution is -2.25. The van der Waals surface area contributed by atoms with E-state index >= 15 is 0 Å². The lowest BCUT2D eigenvalue weighted by Gasteiger charge is -2.20. The van der Waals surface area contributed by atoms with Crippen LogP contribution in [-0.2, 0) is 9.57 Å². The summed E-state index contributed by atoms with van der Waals surface area (Å²) in [5.41, 5.74) is 0. The van der Waals surface area contributed by atoms with Gasteiger partial charge in [0.2, 0.25) is 0 Å². The quantitative estimate of drug-likeness (QED) is 0.530. The highest BCUT2D eigenvalue weighted by Gasteiger charge is 2.50. The van der Waals surface area contributed by atoms with Crippen LogP contribution >= 0.6 is 0 Å². The molecule has 0 bridgehead atoms. The van der Waals surface area contributed by atoms with Crippen LogP contribution in [0.1, 0.15) is 19.8 Å². The first-order chi connectivity index (χ1) is 5.34. The number of hydrogen-bond donors (Lipinski definition) is 0. The molecule has 0 aromatic carbocycles. The number of rotatable bonds is 1. The van der Waals surface area contributed by atoms with Gasteiger partial charge < -0.3 is 9.57 Å². The van der Waals surface area contributed by atoms with Gasteiger partial charge in [-0.3, -0.25) is 0 Å². The zero-order valence-electron chi connectivity index (χ0n) is 6.49. The number of fused-ring (bicyclic) bond motifs is 1. The topological polar surface area (TPSA) is 37.4 Å². The Morgan fingerprint density at radius 3 is 2.82 bits per heavy atom. The summed E-state index contributed by atoms with van der Waals surface area (Å²) in [6, 6.07) is 0. The molecule has 60 valence electrons. The summed E-state index contributed by atoms with van der Waals surface area (Å²) >= 11 is 0. The molecular formula is C8H11NO2. The first kappa shape index (κ1) is 6.00. The van der Waals surface area contributed by atoms with E-state index in [9.17, 15) is 0 Å². The fourth-order valence-corrected chi connectivity index (χ4v) is 2.11. The molecule has 3 heteroatoms. The number of hydrogen-bond acceptors (Lipinski definition) is 3. The van der Waals surface area contributed by atoms with Crippen molar-refractivity contribution in [3.05, 3.63) is 0 Å². The molecule has 1 saturated carbocycles. The fourth-order valence-electron chi connectivity index (χ4n) is 2.11. The van der Waals surface area contributed by atoms with E-state index in [0.29, 0.717) is 24.0 Å². The normalized spacial score (nSPS) is 52.3. The van der Waals surface area contributed by atoms with Crippen molar-refractivity contribution in [2.24, 2.45) is 17.0 Å². The predicted octanol–water partition coefficient (Wildman–Crippen LogP) is 1.14. The molecule has 0 aromatic rings. The van der Waals surface area contributed by atoms with Gasteiger partial charge in [-0.15, -0.1) is 0 Å². The second kappa shape index (κ2) is 1.78. The molecule has 1 saturated heterocycles. The van der Waals surface area contributed by atoms with Crippen LogP contribution in [0.2, 0.25) is 0 Å². The largest absolute Gasteiger partial charge is 0.370 e. The van der Waals surface area contributed by atoms with E-state index in [0.717, 1.165) is 12.3 Å². The maximum absolute atomic E-state index is 5.45. The van der Waals surface area contributed by atoms with Crippen LogP contribution in [0.5, 0.6) is 0 Å². The summed E-state index contributed by atoms with van der Waals surface area (Å²) in [6.45, 7) is 2.26. The highest BCUT2D eigenvalue weighted by atomic mass is 16.7. The smallest absolute Gasteiger partial charge is 0.264 e. The van der Waals surface area contributed by atoms with Crippen LogP contribution in [0.15, 0.2) is 5.16 Å². The molecule has 3 aliphatic rings. The maximum Gasteiger partial charge on any atom is 0.264 e. The number of ether oxygens (including phenoxy) is 1. The summed E-state index contributed by atoms with van der Waals surface area (Å²) in [5.74, 6) is 2.21. The third kappa shape index (κ3) is 0.872. The van der Waals surface area contributed by atoms with E-state index in [4.69, 9.17) is 9.57 Å². The summed E-state index contributed by atoms with van der Waals surface area (Å²) < 4.78 is 5.45. The predicted molar refractivity (Wildman–Crippen MR) is 39.1 cm³/mol. The molecule has 4 unspecified atom stereocenters. The number of oxime groups is 1. The molecule has 2 heterocycles. The van der Waals surface area contributed by atoms with Gasteiger partial charge in [-0.2, -0.15) is 0 Å². The van der Waals surface area contributed by atoms with Gasteiger partial charge in [0.05, 0.1) is 12.2 Å². The van der Waals surface area contributed by atoms with Crippen molar-refractivity contribution in [3.8, 4) is 0 Å². The number of epoxide rings is 1. The summed E-state index contributed by atoms with van der Waals surface area (Å²) in [6.07, 6.45) is 3.42. The van der Waals surface area contributed by atoms with Crippen LogP contribution < -0.4 is 0 Å². The average molecular weight is 153 g/mol. The molecule has 0 radical (unpaired) electrons. The monoisotopic (exact) mass is 153 g/mol. The Morgan fingerprint density at radius 1 is 1.36 bits per heavy atom. The summed E-state index contributed by atoms with van der Waals surface area (Å²) in [5, 5.41) is 3.79. The Balaban J connectivity index is 1.76. The van der Waals surface area contributed by atoms with Crippen molar-refractivity contribution in [2.45, 2.75) is 32.0 Å². The zero-order chi connectivity index (χ0) is 7.42. The highest BCUT2D eigenvalue weighted by molar-refractivity contribution is 5.85. The lowest BCUT2D eigenvalue weighted by atomic mass is 9.81. The Hall–Kier alpha value is -0.570. The van der Waals surface area contributed by atoms with E-state index in [2.05, 4.69) is 12.1 Å². The molecule has 3 nitrogen and oxygen atoms in total. The van der Waals surface area contributed by atoms with Crippen LogP contribution in [0.25, 0.3) is 0 Å². The minimum atomic E-state index is 0.531. The second-order valence-corrected chi connectivity index (χ2v) is 3.79. The molecule has 1 aliphatic carbocycles. The molecular weight excluding hydrogens is 142 g/mol. The second-order valence-electron chi connectivity index (χ2n) is 3.79. The van der Waals surface area contributed by atoms with Crippen molar-refractivity contribution >= 4 is 5.90 Å². The van der Waals surface area contributed by atoms with E-state index in [-0.39, 0.29) is 0 Å². The van der Waals surface area contributed by atoms with Gasteiger partial charge in [-0.25, -0.2) is 0 Å². The van der Waals surface area contributed by atoms with Gasteiger partial charge in [0.15, 0.2) is 0 Å². The first-order valence-corrected chi connectivity index (χ1v) is 4.25. The minimum Gasteiger partial charge on any atom is -0.370 e. The van der Waals surface area contributed by atoms with Gasteiger partial charge in [0, 0.05) is 5.92 Å². The third-order valence-electron chi connectivity index (χ3n) is 2.98. The molecule has 0 aromatic heterocycles. The van der Waals surface area contributed by atoms with Gasteiger partial charge in [0.25, 0.3) is 5.90 Å². The Morgan fingerprint density at radius 2 is 2.09 bits per heavy atom. The number of nitrogens with zero attached hydrogens (tertiary/aromatic N) is 1. The third-order valence-corrected chi connectivity index (χ3v) is 2.98. The minimum absolute atomic E-state index is 0.531. The van der Waals surface area contributed by atoms with Crippen LogP contribution in [-0.4, -0.2) is 18.1 Å². The molecule has 4 atom stereocenters. The zero-order valence-corrected chi connectivity index (χ0v) is 6.49. The lowest BCUT2D eigenvalue weighted by molar-refractivity contribution is 0.336. The van der Waals surface area contributed by atoms with Gasteiger partial charge in [-0.05, 0) is 23.9 Å². The molecule has 0 amide bonds. The van der Waals surface area contributed by atoms with E-state index in [1.54, 1.807) is 0 Å². The van der Waals surface area contributed by atoms with Crippen molar-refractivity contribution in [2.75, 3.05) is 0 Å². The molecule has 0 spiro atoms. The molecule has 11 heavy (non-hydrogen) atoms. The Labute approximate surface area is 65.4 Å².